The lowest BCUT2D eigenvalue weighted by Gasteiger charge is -2.16. The minimum Gasteiger partial charge on any atom is -0.135 e. The minimum absolute atomic E-state index is 0.771. The molecule has 160 valence electrons. The molecule has 0 radical (unpaired) electrons. The molecule has 0 nitrogen and oxygen atoms in total. The van der Waals surface area contributed by atoms with E-state index in [0.717, 1.165) is 16.1 Å². The Hall–Kier alpha value is -3.65. The van der Waals surface area contributed by atoms with E-state index in [-0.39, 0.29) is 0 Å². The van der Waals surface area contributed by atoms with Crippen molar-refractivity contribution in [1.29, 1.82) is 0 Å². The fraction of sp³-hybridized carbons (Fsp3) is 0. The maximum absolute atomic E-state index is 6.96. The molecular formula is C32H19ClS. The molecule has 7 aromatic rings. The van der Waals surface area contributed by atoms with Gasteiger partial charge >= 0.3 is 0 Å². The van der Waals surface area contributed by atoms with E-state index in [1.807, 2.05) is 17.4 Å². The smallest absolute Gasteiger partial charge is 0.0490 e. The highest BCUT2D eigenvalue weighted by Gasteiger charge is 2.17. The molecule has 1 aromatic heterocycles. The van der Waals surface area contributed by atoms with Gasteiger partial charge < -0.3 is 0 Å². The van der Waals surface area contributed by atoms with Crippen LogP contribution in [0.4, 0.5) is 0 Å². The maximum Gasteiger partial charge on any atom is 0.0490 e. The molecule has 0 N–H and O–H groups in total. The summed E-state index contributed by atoms with van der Waals surface area (Å²) in [5.74, 6) is 0. The Kier molecular flexibility index (Phi) is 4.48. The molecule has 0 aliphatic heterocycles. The van der Waals surface area contributed by atoms with E-state index in [9.17, 15) is 0 Å². The van der Waals surface area contributed by atoms with Crippen molar-refractivity contribution in [2.75, 3.05) is 0 Å². The first-order chi connectivity index (χ1) is 16.8. The third-order valence-corrected chi connectivity index (χ3v) is 8.21. The van der Waals surface area contributed by atoms with E-state index in [2.05, 4.69) is 109 Å². The fourth-order valence-electron chi connectivity index (χ4n) is 5.19. The largest absolute Gasteiger partial charge is 0.135 e. The lowest BCUT2D eigenvalue weighted by molar-refractivity contribution is 1.63. The standard InChI is InChI=1S/C32H19ClS/c33-29-14-7-13-23(21-16-17-31-27(18-21)26-12-5-6-15-30(26)34-31)32(29)28-19-20-8-1-2-9-22(20)24-10-3-4-11-25(24)28/h1-19H. The van der Waals surface area contributed by atoms with Gasteiger partial charge in [-0.2, -0.15) is 0 Å². The Morgan fingerprint density at radius 2 is 1.18 bits per heavy atom. The summed E-state index contributed by atoms with van der Waals surface area (Å²) in [5.41, 5.74) is 4.60. The monoisotopic (exact) mass is 470 g/mol. The topological polar surface area (TPSA) is 0 Å². The molecule has 0 amide bonds. The van der Waals surface area contributed by atoms with Crippen LogP contribution in [0.1, 0.15) is 0 Å². The molecular weight excluding hydrogens is 452 g/mol. The molecule has 1 heterocycles. The number of hydrogen-bond donors (Lipinski definition) is 0. The van der Waals surface area contributed by atoms with Gasteiger partial charge in [0.2, 0.25) is 0 Å². The average molecular weight is 471 g/mol. The molecule has 34 heavy (non-hydrogen) atoms. The number of hydrogen-bond acceptors (Lipinski definition) is 1. The molecule has 7 rings (SSSR count). The zero-order valence-electron chi connectivity index (χ0n) is 18.3. The summed E-state index contributed by atoms with van der Waals surface area (Å²) < 4.78 is 2.63. The second kappa shape index (κ2) is 7.70. The SMILES string of the molecule is Clc1cccc(-c2ccc3sc4ccccc4c3c2)c1-c1cc2ccccc2c2ccccc12. The highest BCUT2D eigenvalue weighted by atomic mass is 35.5. The fourth-order valence-corrected chi connectivity index (χ4v) is 6.56. The third-order valence-electron chi connectivity index (χ3n) is 6.74. The van der Waals surface area contributed by atoms with E-state index in [1.165, 1.54) is 52.8 Å². The van der Waals surface area contributed by atoms with Gasteiger partial charge in [0.25, 0.3) is 0 Å². The van der Waals surface area contributed by atoms with E-state index in [4.69, 9.17) is 11.6 Å². The molecule has 0 aliphatic rings. The van der Waals surface area contributed by atoms with Gasteiger partial charge in [0, 0.05) is 30.8 Å². The van der Waals surface area contributed by atoms with Crippen molar-refractivity contribution >= 4 is 64.7 Å². The summed E-state index contributed by atoms with van der Waals surface area (Å²) in [6.45, 7) is 0. The van der Waals surface area contributed by atoms with E-state index < -0.39 is 0 Å². The molecule has 0 fully saturated rings. The molecule has 0 saturated heterocycles. The van der Waals surface area contributed by atoms with Crippen LogP contribution in [0.25, 0.3) is 64.0 Å². The van der Waals surface area contributed by atoms with E-state index >= 15 is 0 Å². The summed E-state index contributed by atoms with van der Waals surface area (Å²) in [4.78, 5) is 0. The first-order valence-corrected chi connectivity index (χ1v) is 12.6. The van der Waals surface area contributed by atoms with Gasteiger partial charge in [0.15, 0.2) is 0 Å². The van der Waals surface area contributed by atoms with Crippen LogP contribution < -0.4 is 0 Å². The molecule has 0 bridgehead atoms. The summed E-state index contributed by atoms with van der Waals surface area (Å²) in [6, 6.07) is 41.2. The average Bonchev–Trinajstić information content (AvgIpc) is 3.26. The Balaban J connectivity index is 1.55. The zero-order chi connectivity index (χ0) is 22.6. The summed E-state index contributed by atoms with van der Waals surface area (Å²) in [7, 11) is 0. The maximum atomic E-state index is 6.96. The molecule has 0 spiro atoms. The van der Waals surface area contributed by atoms with Crippen molar-refractivity contribution in [2.45, 2.75) is 0 Å². The summed E-state index contributed by atoms with van der Waals surface area (Å²) >= 11 is 8.81. The highest BCUT2D eigenvalue weighted by Crippen LogP contribution is 2.44. The van der Waals surface area contributed by atoms with Crippen LogP contribution in [-0.4, -0.2) is 0 Å². The van der Waals surface area contributed by atoms with Crippen molar-refractivity contribution in [3.8, 4) is 22.3 Å². The Morgan fingerprint density at radius 3 is 2.06 bits per heavy atom. The quantitative estimate of drug-likeness (QED) is 0.220. The number of halogens is 1. The number of benzene rings is 6. The van der Waals surface area contributed by atoms with Gasteiger partial charge in [-0.05, 0) is 68.6 Å². The van der Waals surface area contributed by atoms with E-state index in [0.29, 0.717) is 0 Å². The molecule has 0 aliphatic carbocycles. The lowest BCUT2D eigenvalue weighted by atomic mass is 9.88. The van der Waals surface area contributed by atoms with Crippen LogP contribution in [-0.2, 0) is 0 Å². The van der Waals surface area contributed by atoms with Gasteiger partial charge in [0.1, 0.15) is 0 Å². The van der Waals surface area contributed by atoms with Gasteiger partial charge in [-0.15, -0.1) is 11.3 Å². The van der Waals surface area contributed by atoms with Gasteiger partial charge in [-0.3, -0.25) is 0 Å². The van der Waals surface area contributed by atoms with Crippen LogP contribution in [0.2, 0.25) is 5.02 Å². The van der Waals surface area contributed by atoms with Crippen molar-refractivity contribution in [3.05, 3.63) is 120 Å². The number of thiophene rings is 1. The Morgan fingerprint density at radius 1 is 0.471 bits per heavy atom. The Labute approximate surface area is 206 Å². The lowest BCUT2D eigenvalue weighted by Crippen LogP contribution is -1.90. The first kappa shape index (κ1) is 19.8. The molecule has 0 saturated carbocycles. The third kappa shape index (κ3) is 2.98. The second-order valence-corrected chi connectivity index (χ2v) is 10.2. The van der Waals surface area contributed by atoms with Crippen molar-refractivity contribution < 1.29 is 0 Å². The summed E-state index contributed by atoms with van der Waals surface area (Å²) in [5, 5.41) is 8.34. The number of rotatable bonds is 2. The number of fused-ring (bicyclic) bond motifs is 6. The predicted molar refractivity (Wildman–Crippen MR) is 150 cm³/mol. The zero-order valence-corrected chi connectivity index (χ0v) is 19.8. The van der Waals surface area contributed by atoms with Gasteiger partial charge in [0.05, 0.1) is 0 Å². The van der Waals surface area contributed by atoms with Gasteiger partial charge in [-0.25, -0.2) is 0 Å². The second-order valence-electron chi connectivity index (χ2n) is 8.66. The predicted octanol–water partition coefficient (Wildman–Crippen LogP) is 10.3. The van der Waals surface area contributed by atoms with Crippen molar-refractivity contribution in [1.82, 2.24) is 0 Å². The van der Waals surface area contributed by atoms with Crippen molar-refractivity contribution in [2.24, 2.45) is 0 Å². The molecule has 0 unspecified atom stereocenters. The first-order valence-electron chi connectivity index (χ1n) is 11.4. The molecule has 2 heteroatoms. The van der Waals surface area contributed by atoms with Crippen LogP contribution in [0.5, 0.6) is 0 Å². The van der Waals surface area contributed by atoms with E-state index in [1.54, 1.807) is 0 Å². The van der Waals surface area contributed by atoms with Crippen LogP contribution in [0.15, 0.2) is 115 Å². The normalized spacial score (nSPS) is 11.7. The van der Waals surface area contributed by atoms with Crippen LogP contribution >= 0.6 is 22.9 Å². The Bertz CT molecular complexity index is 1880. The minimum atomic E-state index is 0.771. The van der Waals surface area contributed by atoms with Crippen LogP contribution in [0, 0.1) is 0 Å². The summed E-state index contributed by atoms with van der Waals surface area (Å²) in [6.07, 6.45) is 0. The highest BCUT2D eigenvalue weighted by molar-refractivity contribution is 7.25. The van der Waals surface area contributed by atoms with Gasteiger partial charge in [-0.1, -0.05) is 96.5 Å². The molecule has 0 atom stereocenters. The van der Waals surface area contributed by atoms with Crippen molar-refractivity contribution in [3.63, 3.8) is 0 Å². The van der Waals surface area contributed by atoms with Crippen LogP contribution in [0.3, 0.4) is 0 Å². The molecule has 6 aromatic carbocycles.